The lowest BCUT2D eigenvalue weighted by Crippen LogP contribution is -2.34. The topological polar surface area (TPSA) is 30.5 Å². The maximum absolute atomic E-state index is 5.15. The normalized spacial score (nSPS) is 22.3. The number of hydrogen-bond acceptors (Lipinski definition) is 3. The Morgan fingerprint density at radius 2 is 2.67 bits per heavy atom. The van der Waals surface area contributed by atoms with Crippen molar-refractivity contribution in [3.8, 4) is 0 Å². The van der Waals surface area contributed by atoms with E-state index >= 15 is 0 Å². The number of nitrogens with one attached hydrogen (secondary N) is 1. The molecule has 0 unspecified atom stereocenters. The minimum atomic E-state index is 0.691. The minimum Gasteiger partial charge on any atom is -0.345 e. The van der Waals surface area contributed by atoms with Gasteiger partial charge in [-0.3, -0.25) is 0 Å². The zero-order valence-electron chi connectivity index (χ0n) is 5.64. The molecule has 1 aliphatic rings. The predicted molar refractivity (Wildman–Crippen MR) is 33.7 cm³/mol. The van der Waals surface area contributed by atoms with E-state index in [4.69, 9.17) is 9.47 Å². The van der Waals surface area contributed by atoms with Crippen molar-refractivity contribution in [1.82, 2.24) is 5.32 Å². The van der Waals surface area contributed by atoms with Crippen molar-refractivity contribution >= 4 is 0 Å². The largest absolute Gasteiger partial charge is 0.345 e. The zero-order valence-corrected chi connectivity index (χ0v) is 5.64. The molecule has 9 heavy (non-hydrogen) atoms. The second-order valence-corrected chi connectivity index (χ2v) is 1.83. The molecule has 1 saturated heterocycles. The van der Waals surface area contributed by atoms with E-state index in [2.05, 4.69) is 5.32 Å². The summed E-state index contributed by atoms with van der Waals surface area (Å²) in [5.74, 6) is 0. The van der Waals surface area contributed by atoms with Gasteiger partial charge in [0.25, 0.3) is 0 Å². The summed E-state index contributed by atoms with van der Waals surface area (Å²) in [6.07, 6.45) is 0.726. The Morgan fingerprint density at radius 3 is 3.22 bits per heavy atom. The second kappa shape index (κ2) is 3.82. The highest BCUT2D eigenvalue weighted by Gasteiger charge is 2.13. The molecule has 0 spiro atoms. The fraction of sp³-hybridized carbons (Fsp3) is 0.833. The number of hydrogen-bond donors (Lipinski definition) is 1. The molecule has 53 valence electrons. The quantitative estimate of drug-likeness (QED) is 0.576. The molecule has 1 heterocycles. The molecule has 1 rings (SSSR count). The van der Waals surface area contributed by atoms with Crippen LogP contribution in [0.15, 0.2) is 0 Å². The molecule has 3 nitrogen and oxygen atoms in total. The minimum absolute atomic E-state index is 0.691. The van der Waals surface area contributed by atoms with Crippen LogP contribution in [0.1, 0.15) is 6.92 Å². The van der Waals surface area contributed by atoms with E-state index < -0.39 is 0 Å². The third-order valence-electron chi connectivity index (χ3n) is 1.12. The smallest absolute Gasteiger partial charge is 0.238 e. The molecule has 0 atom stereocenters. The summed E-state index contributed by atoms with van der Waals surface area (Å²) in [6.45, 7) is 5.04. The van der Waals surface area contributed by atoms with Crippen molar-refractivity contribution in [1.29, 1.82) is 0 Å². The van der Waals surface area contributed by atoms with Crippen LogP contribution in [0.2, 0.25) is 0 Å². The van der Waals surface area contributed by atoms with E-state index in [1.54, 1.807) is 0 Å². The lowest BCUT2D eigenvalue weighted by molar-refractivity contribution is -0.0563. The molecule has 0 aromatic rings. The zero-order chi connectivity index (χ0) is 6.53. The molecule has 0 bridgehead atoms. The summed E-state index contributed by atoms with van der Waals surface area (Å²) < 4.78 is 10.3. The molecular formula is C6H12NO2. The fourth-order valence-corrected chi connectivity index (χ4v) is 0.732. The van der Waals surface area contributed by atoms with E-state index in [9.17, 15) is 0 Å². The molecule has 1 radical (unpaired) electrons. The van der Waals surface area contributed by atoms with Gasteiger partial charge >= 0.3 is 0 Å². The monoisotopic (exact) mass is 130 g/mol. The average Bonchev–Trinajstić information content (AvgIpc) is 1.91. The molecule has 0 saturated carbocycles. The molecule has 0 aliphatic carbocycles. The van der Waals surface area contributed by atoms with Crippen LogP contribution in [-0.4, -0.2) is 26.3 Å². The molecule has 3 heteroatoms. The van der Waals surface area contributed by atoms with Gasteiger partial charge in [-0.15, -0.1) is 0 Å². The van der Waals surface area contributed by atoms with E-state index in [-0.39, 0.29) is 0 Å². The van der Waals surface area contributed by atoms with Gasteiger partial charge in [-0.05, 0) is 6.92 Å². The maximum Gasteiger partial charge on any atom is 0.238 e. The van der Waals surface area contributed by atoms with Crippen molar-refractivity contribution in [2.24, 2.45) is 0 Å². The van der Waals surface area contributed by atoms with Gasteiger partial charge in [0, 0.05) is 13.2 Å². The van der Waals surface area contributed by atoms with E-state index in [0.717, 1.165) is 26.0 Å². The molecule has 1 fully saturated rings. The van der Waals surface area contributed by atoms with Crippen LogP contribution >= 0.6 is 0 Å². The van der Waals surface area contributed by atoms with Gasteiger partial charge in [0.05, 0.1) is 13.2 Å². The molecule has 0 amide bonds. The number of rotatable bonds is 2. The molecule has 0 aromatic carbocycles. The highest BCUT2D eigenvalue weighted by Crippen LogP contribution is 2.04. The van der Waals surface area contributed by atoms with Gasteiger partial charge in [-0.25, -0.2) is 0 Å². The molecule has 1 aliphatic heterocycles. The van der Waals surface area contributed by atoms with Crippen molar-refractivity contribution in [3.63, 3.8) is 0 Å². The Morgan fingerprint density at radius 1 is 1.78 bits per heavy atom. The highest BCUT2D eigenvalue weighted by atomic mass is 16.7. The Hall–Kier alpha value is -0.120. The van der Waals surface area contributed by atoms with Crippen LogP contribution in [0.4, 0.5) is 0 Å². The lowest BCUT2D eigenvalue weighted by atomic mass is 10.5. The summed E-state index contributed by atoms with van der Waals surface area (Å²) in [5, 5.41) is 3.13. The van der Waals surface area contributed by atoms with Crippen LogP contribution in [0, 0.1) is 6.29 Å². The Labute approximate surface area is 55.3 Å². The predicted octanol–water partition coefficient (Wildman–Crippen LogP) is 0.132. The SMILES string of the molecule is CCO[C]1CNCCO1. The summed E-state index contributed by atoms with van der Waals surface area (Å²) in [4.78, 5) is 0. The first-order valence-electron chi connectivity index (χ1n) is 3.25. The summed E-state index contributed by atoms with van der Waals surface area (Å²) >= 11 is 0. The third-order valence-corrected chi connectivity index (χ3v) is 1.12. The van der Waals surface area contributed by atoms with Crippen LogP contribution in [0.25, 0.3) is 0 Å². The Bertz CT molecular complexity index is 68.7. The Kier molecular flexibility index (Phi) is 2.97. The van der Waals surface area contributed by atoms with E-state index in [0.29, 0.717) is 6.61 Å². The summed E-state index contributed by atoms with van der Waals surface area (Å²) in [5.41, 5.74) is 0. The van der Waals surface area contributed by atoms with Crippen molar-refractivity contribution < 1.29 is 9.47 Å². The summed E-state index contributed by atoms with van der Waals surface area (Å²) in [6, 6.07) is 0. The molecule has 1 N–H and O–H groups in total. The van der Waals surface area contributed by atoms with Crippen molar-refractivity contribution in [3.05, 3.63) is 6.29 Å². The maximum atomic E-state index is 5.15. The van der Waals surface area contributed by atoms with Gasteiger partial charge in [-0.1, -0.05) is 0 Å². The van der Waals surface area contributed by atoms with Gasteiger partial charge < -0.3 is 14.8 Å². The fourth-order valence-electron chi connectivity index (χ4n) is 0.732. The number of morpholine rings is 1. The first kappa shape index (κ1) is 6.99. The third kappa shape index (κ3) is 2.30. The van der Waals surface area contributed by atoms with Crippen LogP contribution < -0.4 is 5.32 Å². The van der Waals surface area contributed by atoms with Crippen molar-refractivity contribution in [2.75, 3.05) is 26.3 Å². The first-order valence-corrected chi connectivity index (χ1v) is 3.25. The average molecular weight is 130 g/mol. The second-order valence-electron chi connectivity index (χ2n) is 1.83. The van der Waals surface area contributed by atoms with Crippen LogP contribution in [0.3, 0.4) is 0 Å². The van der Waals surface area contributed by atoms with E-state index in [1.807, 2.05) is 6.92 Å². The number of ether oxygens (including phenoxy) is 2. The van der Waals surface area contributed by atoms with Gasteiger partial charge in [-0.2, -0.15) is 0 Å². The standard InChI is InChI=1S/C6H12NO2/c1-2-8-6-5-7-3-4-9-6/h7H,2-5H2,1H3. The van der Waals surface area contributed by atoms with Crippen LogP contribution in [0.5, 0.6) is 0 Å². The van der Waals surface area contributed by atoms with Crippen molar-refractivity contribution in [2.45, 2.75) is 6.92 Å². The first-order chi connectivity index (χ1) is 4.43. The Balaban J connectivity index is 2.08. The summed E-state index contributed by atoms with van der Waals surface area (Å²) in [7, 11) is 0. The van der Waals surface area contributed by atoms with Gasteiger partial charge in [0.2, 0.25) is 6.29 Å². The molecular weight excluding hydrogens is 118 g/mol. The highest BCUT2D eigenvalue weighted by molar-refractivity contribution is 4.73. The van der Waals surface area contributed by atoms with Crippen LogP contribution in [-0.2, 0) is 9.47 Å². The molecule has 0 aromatic heterocycles. The van der Waals surface area contributed by atoms with E-state index in [1.165, 1.54) is 0 Å². The van der Waals surface area contributed by atoms with Gasteiger partial charge in [0.15, 0.2) is 0 Å². The van der Waals surface area contributed by atoms with Gasteiger partial charge in [0.1, 0.15) is 0 Å². The lowest BCUT2D eigenvalue weighted by Gasteiger charge is -2.20.